The van der Waals surface area contributed by atoms with Gasteiger partial charge < -0.3 is 10.6 Å². The van der Waals surface area contributed by atoms with E-state index >= 15 is 0 Å². The van der Waals surface area contributed by atoms with Crippen LogP contribution in [0.15, 0.2) is 0 Å². The van der Waals surface area contributed by atoms with Crippen molar-refractivity contribution in [3.05, 3.63) is 0 Å². The summed E-state index contributed by atoms with van der Waals surface area (Å²) in [4.78, 5) is 16.0. The van der Waals surface area contributed by atoms with Crippen LogP contribution in [0, 0.1) is 18.3 Å². The van der Waals surface area contributed by atoms with Gasteiger partial charge in [0.25, 0.3) is 0 Å². The Hall–Kier alpha value is -1.05. The highest BCUT2D eigenvalue weighted by Gasteiger charge is 2.26. The maximum atomic E-state index is 11.9. The predicted octanol–water partition coefficient (Wildman–Crippen LogP) is -0.253. The number of rotatable bonds is 3. The van der Waals surface area contributed by atoms with Gasteiger partial charge in [0.1, 0.15) is 0 Å². The molecule has 0 unspecified atom stereocenters. The van der Waals surface area contributed by atoms with Gasteiger partial charge in [-0.1, -0.05) is 19.8 Å². The fourth-order valence-electron chi connectivity index (χ4n) is 1.75. The summed E-state index contributed by atoms with van der Waals surface area (Å²) in [5.74, 6) is 2.88. The number of nitrogens with two attached hydrogens (primary N) is 1. The highest BCUT2D eigenvalue weighted by molar-refractivity contribution is 5.82. The van der Waals surface area contributed by atoms with Crippen molar-refractivity contribution in [2.75, 3.05) is 32.7 Å². The van der Waals surface area contributed by atoms with E-state index in [1.54, 1.807) is 0 Å². The van der Waals surface area contributed by atoms with E-state index in [0.29, 0.717) is 6.54 Å². The Morgan fingerprint density at radius 2 is 1.94 bits per heavy atom. The normalized spacial score (nSPS) is 19.6. The van der Waals surface area contributed by atoms with Crippen LogP contribution < -0.4 is 5.73 Å². The van der Waals surface area contributed by atoms with Crippen molar-refractivity contribution < 1.29 is 4.79 Å². The zero-order chi connectivity index (χ0) is 12.1. The quantitative estimate of drug-likeness (QED) is 0.671. The van der Waals surface area contributed by atoms with Gasteiger partial charge in [0.2, 0.25) is 5.91 Å². The summed E-state index contributed by atoms with van der Waals surface area (Å²) in [5, 5.41) is 0. The van der Waals surface area contributed by atoms with Crippen LogP contribution in [0.3, 0.4) is 0 Å². The Bertz CT molecular complexity index is 274. The molecule has 4 nitrogen and oxygen atoms in total. The lowest BCUT2D eigenvalue weighted by atomic mass is 10.0. The molecule has 0 aromatic carbocycles. The SMILES string of the molecule is C#CCN1CCN(C(=O)[C@H](N)C(C)C)CC1. The molecule has 2 N–H and O–H groups in total. The number of amides is 1. The van der Waals surface area contributed by atoms with Crippen LogP contribution in [-0.4, -0.2) is 54.5 Å². The zero-order valence-corrected chi connectivity index (χ0v) is 10.1. The third-order valence-electron chi connectivity index (χ3n) is 3.00. The summed E-state index contributed by atoms with van der Waals surface area (Å²) in [5.41, 5.74) is 5.85. The molecule has 1 aliphatic heterocycles. The van der Waals surface area contributed by atoms with Gasteiger partial charge >= 0.3 is 0 Å². The van der Waals surface area contributed by atoms with E-state index in [1.807, 2.05) is 18.7 Å². The van der Waals surface area contributed by atoms with Crippen LogP contribution in [0.4, 0.5) is 0 Å². The molecule has 0 aromatic rings. The van der Waals surface area contributed by atoms with Crippen LogP contribution in [0.1, 0.15) is 13.8 Å². The topological polar surface area (TPSA) is 49.6 Å². The summed E-state index contributed by atoms with van der Waals surface area (Å²) < 4.78 is 0. The molecular formula is C12H21N3O. The van der Waals surface area contributed by atoms with E-state index < -0.39 is 0 Å². The van der Waals surface area contributed by atoms with E-state index in [0.717, 1.165) is 26.2 Å². The van der Waals surface area contributed by atoms with Crippen molar-refractivity contribution in [3.8, 4) is 12.3 Å². The van der Waals surface area contributed by atoms with Gasteiger partial charge in [0.15, 0.2) is 0 Å². The fourth-order valence-corrected chi connectivity index (χ4v) is 1.75. The first-order valence-corrected chi connectivity index (χ1v) is 5.76. The second-order valence-corrected chi connectivity index (χ2v) is 4.58. The fraction of sp³-hybridized carbons (Fsp3) is 0.750. The molecule has 0 saturated carbocycles. The minimum Gasteiger partial charge on any atom is -0.339 e. The molecule has 90 valence electrons. The molecule has 0 aliphatic carbocycles. The van der Waals surface area contributed by atoms with E-state index in [9.17, 15) is 4.79 Å². The lowest BCUT2D eigenvalue weighted by molar-refractivity contribution is -0.135. The maximum Gasteiger partial charge on any atom is 0.239 e. The monoisotopic (exact) mass is 223 g/mol. The number of piperazine rings is 1. The molecule has 1 aliphatic rings. The molecule has 4 heteroatoms. The van der Waals surface area contributed by atoms with Gasteiger partial charge in [-0.05, 0) is 5.92 Å². The minimum absolute atomic E-state index is 0.0651. The summed E-state index contributed by atoms with van der Waals surface area (Å²) in [6.07, 6.45) is 5.25. The molecule has 0 bridgehead atoms. The first kappa shape index (κ1) is 13.0. The lowest BCUT2D eigenvalue weighted by Crippen LogP contribution is -2.54. The molecule has 0 aromatic heterocycles. The Kier molecular flexibility index (Phi) is 4.78. The smallest absolute Gasteiger partial charge is 0.239 e. The van der Waals surface area contributed by atoms with Gasteiger partial charge in [-0.15, -0.1) is 6.42 Å². The molecule has 1 fully saturated rings. The van der Waals surface area contributed by atoms with Gasteiger partial charge in [-0.3, -0.25) is 9.69 Å². The van der Waals surface area contributed by atoms with Crippen molar-refractivity contribution in [2.24, 2.45) is 11.7 Å². The van der Waals surface area contributed by atoms with Gasteiger partial charge in [-0.2, -0.15) is 0 Å². The van der Waals surface area contributed by atoms with Crippen molar-refractivity contribution in [3.63, 3.8) is 0 Å². The molecule has 1 rings (SSSR count). The first-order chi connectivity index (χ1) is 7.56. The third kappa shape index (κ3) is 3.22. The highest BCUT2D eigenvalue weighted by Crippen LogP contribution is 2.07. The second kappa shape index (κ2) is 5.88. The largest absolute Gasteiger partial charge is 0.339 e. The number of carbonyl (C=O) groups is 1. The Morgan fingerprint density at radius 1 is 1.38 bits per heavy atom. The number of carbonyl (C=O) groups excluding carboxylic acids is 1. The lowest BCUT2D eigenvalue weighted by Gasteiger charge is -2.35. The number of terminal acetylenes is 1. The van der Waals surface area contributed by atoms with Crippen LogP contribution >= 0.6 is 0 Å². The Balaban J connectivity index is 2.42. The van der Waals surface area contributed by atoms with E-state index in [-0.39, 0.29) is 17.9 Å². The standard InChI is InChI=1S/C12H21N3O/c1-4-5-14-6-8-15(9-7-14)12(16)11(13)10(2)3/h1,10-11H,5-9,13H2,2-3H3/t11-/m1/s1. The van der Waals surface area contributed by atoms with Crippen LogP contribution in [0.5, 0.6) is 0 Å². The molecule has 16 heavy (non-hydrogen) atoms. The molecule has 0 spiro atoms. The van der Waals surface area contributed by atoms with Gasteiger partial charge in [0.05, 0.1) is 12.6 Å². The maximum absolute atomic E-state index is 11.9. The minimum atomic E-state index is -0.376. The van der Waals surface area contributed by atoms with E-state index in [2.05, 4.69) is 10.8 Å². The van der Waals surface area contributed by atoms with Crippen LogP contribution in [0.2, 0.25) is 0 Å². The highest BCUT2D eigenvalue weighted by atomic mass is 16.2. The number of hydrogen-bond donors (Lipinski definition) is 1. The molecular weight excluding hydrogens is 202 g/mol. The van der Waals surface area contributed by atoms with Crippen LogP contribution in [-0.2, 0) is 4.79 Å². The third-order valence-corrected chi connectivity index (χ3v) is 3.00. The Morgan fingerprint density at radius 3 is 2.38 bits per heavy atom. The average molecular weight is 223 g/mol. The van der Waals surface area contributed by atoms with E-state index in [4.69, 9.17) is 12.2 Å². The molecule has 1 saturated heterocycles. The first-order valence-electron chi connectivity index (χ1n) is 5.76. The molecule has 1 amide bonds. The Labute approximate surface area is 97.8 Å². The van der Waals surface area contributed by atoms with Crippen molar-refractivity contribution in [1.29, 1.82) is 0 Å². The van der Waals surface area contributed by atoms with Gasteiger partial charge in [-0.25, -0.2) is 0 Å². The summed E-state index contributed by atoms with van der Waals surface area (Å²) in [6.45, 7) is 7.77. The number of nitrogens with zero attached hydrogens (tertiary/aromatic N) is 2. The summed E-state index contributed by atoms with van der Waals surface area (Å²) >= 11 is 0. The summed E-state index contributed by atoms with van der Waals surface area (Å²) in [6, 6.07) is -0.376. The number of hydrogen-bond acceptors (Lipinski definition) is 3. The second-order valence-electron chi connectivity index (χ2n) is 4.58. The van der Waals surface area contributed by atoms with Crippen molar-refractivity contribution in [2.45, 2.75) is 19.9 Å². The summed E-state index contributed by atoms with van der Waals surface area (Å²) in [7, 11) is 0. The molecule has 1 heterocycles. The zero-order valence-electron chi connectivity index (χ0n) is 10.1. The van der Waals surface area contributed by atoms with Crippen LogP contribution in [0.25, 0.3) is 0 Å². The predicted molar refractivity (Wildman–Crippen MR) is 64.7 cm³/mol. The molecule has 0 radical (unpaired) electrons. The molecule has 1 atom stereocenters. The average Bonchev–Trinajstić information content (AvgIpc) is 2.28. The van der Waals surface area contributed by atoms with E-state index in [1.165, 1.54) is 0 Å². The van der Waals surface area contributed by atoms with Crippen molar-refractivity contribution >= 4 is 5.91 Å². The van der Waals surface area contributed by atoms with Crippen molar-refractivity contribution in [1.82, 2.24) is 9.80 Å². The van der Waals surface area contributed by atoms with Gasteiger partial charge in [0, 0.05) is 26.2 Å².